The lowest BCUT2D eigenvalue weighted by molar-refractivity contribution is -0.123. The summed E-state index contributed by atoms with van der Waals surface area (Å²) in [6.45, 7) is 7.21. The van der Waals surface area contributed by atoms with E-state index in [9.17, 15) is 4.79 Å². The fourth-order valence-electron chi connectivity index (χ4n) is 2.41. The van der Waals surface area contributed by atoms with Gasteiger partial charge in [0.05, 0.1) is 6.54 Å². The summed E-state index contributed by atoms with van der Waals surface area (Å²) in [5, 5.41) is 3.12. The highest BCUT2D eigenvalue weighted by molar-refractivity contribution is 5.78. The molecule has 4 nitrogen and oxygen atoms in total. The molecule has 1 rings (SSSR count). The molecule has 1 saturated carbocycles. The molecule has 0 aromatic heterocycles. The molecule has 1 amide bonds. The number of rotatable bonds is 6. The van der Waals surface area contributed by atoms with Crippen molar-refractivity contribution in [3.05, 3.63) is 0 Å². The number of amides is 1. The lowest BCUT2D eigenvalue weighted by atomic mass is 10.0. The number of nitrogens with one attached hydrogen (secondary N) is 1. The Labute approximate surface area is 98.6 Å². The van der Waals surface area contributed by atoms with E-state index < -0.39 is 0 Å². The second-order valence-corrected chi connectivity index (χ2v) is 4.56. The molecule has 0 aliphatic heterocycles. The quantitative estimate of drug-likeness (QED) is 0.697. The predicted octanol–water partition coefficient (Wildman–Crippen LogP) is 0.572. The molecule has 94 valence electrons. The zero-order chi connectivity index (χ0) is 12.0. The number of likely N-dealkylation sites (N-methyl/N-ethyl adjacent to an activating group) is 1. The molecule has 0 aromatic carbocycles. The van der Waals surface area contributed by atoms with Crippen molar-refractivity contribution in [1.82, 2.24) is 10.2 Å². The number of carbonyl (C=O) groups excluding carboxylic acids is 1. The predicted molar refractivity (Wildman–Crippen MR) is 66.1 cm³/mol. The smallest absolute Gasteiger partial charge is 0.234 e. The Morgan fingerprint density at radius 2 is 2.06 bits per heavy atom. The van der Waals surface area contributed by atoms with Crippen LogP contribution in [0.5, 0.6) is 0 Å². The molecule has 1 fully saturated rings. The van der Waals surface area contributed by atoms with E-state index in [-0.39, 0.29) is 5.91 Å². The standard InChI is InChI=1S/C12H25N3O/c1-3-15(4-2)9-12(16)14-11-7-5-6-10(11)8-13/h10-11H,3-9,13H2,1-2H3,(H,14,16). The van der Waals surface area contributed by atoms with Crippen LogP contribution >= 0.6 is 0 Å². The highest BCUT2D eigenvalue weighted by Gasteiger charge is 2.27. The van der Waals surface area contributed by atoms with Gasteiger partial charge in [0, 0.05) is 6.04 Å². The Morgan fingerprint density at radius 1 is 1.38 bits per heavy atom. The van der Waals surface area contributed by atoms with Gasteiger partial charge >= 0.3 is 0 Å². The van der Waals surface area contributed by atoms with Gasteiger partial charge in [-0.25, -0.2) is 0 Å². The van der Waals surface area contributed by atoms with Crippen molar-refractivity contribution in [3.8, 4) is 0 Å². The van der Waals surface area contributed by atoms with Gasteiger partial charge in [0.1, 0.15) is 0 Å². The minimum atomic E-state index is 0.147. The number of nitrogens with two attached hydrogens (primary N) is 1. The minimum Gasteiger partial charge on any atom is -0.352 e. The maximum absolute atomic E-state index is 11.8. The van der Waals surface area contributed by atoms with Gasteiger partial charge in [0.25, 0.3) is 0 Å². The van der Waals surface area contributed by atoms with E-state index in [1.807, 2.05) is 0 Å². The van der Waals surface area contributed by atoms with Crippen molar-refractivity contribution < 1.29 is 4.79 Å². The van der Waals surface area contributed by atoms with Crippen LogP contribution in [0.2, 0.25) is 0 Å². The third-order valence-corrected chi connectivity index (χ3v) is 3.57. The molecule has 1 aliphatic carbocycles. The Bertz CT molecular complexity index is 216. The third-order valence-electron chi connectivity index (χ3n) is 3.57. The molecule has 4 heteroatoms. The summed E-state index contributed by atoms with van der Waals surface area (Å²) >= 11 is 0. The van der Waals surface area contributed by atoms with E-state index >= 15 is 0 Å². The van der Waals surface area contributed by atoms with E-state index in [1.54, 1.807) is 0 Å². The third kappa shape index (κ3) is 3.76. The van der Waals surface area contributed by atoms with Gasteiger partial charge in [0.2, 0.25) is 5.91 Å². The highest BCUT2D eigenvalue weighted by atomic mass is 16.2. The molecule has 0 spiro atoms. The molecule has 0 radical (unpaired) electrons. The van der Waals surface area contributed by atoms with Crippen LogP contribution in [0.4, 0.5) is 0 Å². The maximum Gasteiger partial charge on any atom is 0.234 e. The lowest BCUT2D eigenvalue weighted by Gasteiger charge is -2.22. The van der Waals surface area contributed by atoms with Crippen molar-refractivity contribution in [1.29, 1.82) is 0 Å². The molecule has 2 atom stereocenters. The lowest BCUT2D eigenvalue weighted by Crippen LogP contribution is -2.44. The molecule has 3 N–H and O–H groups in total. The Morgan fingerprint density at radius 3 is 2.62 bits per heavy atom. The van der Waals surface area contributed by atoms with Crippen molar-refractivity contribution in [2.75, 3.05) is 26.2 Å². The van der Waals surface area contributed by atoms with E-state index in [2.05, 4.69) is 24.1 Å². The normalized spacial score (nSPS) is 25.0. The van der Waals surface area contributed by atoms with Gasteiger partial charge in [-0.2, -0.15) is 0 Å². The summed E-state index contributed by atoms with van der Waals surface area (Å²) in [5.41, 5.74) is 5.69. The van der Waals surface area contributed by atoms with Crippen LogP contribution in [-0.4, -0.2) is 43.0 Å². The Hall–Kier alpha value is -0.610. The number of hydrogen-bond donors (Lipinski definition) is 2. The number of carbonyl (C=O) groups is 1. The largest absolute Gasteiger partial charge is 0.352 e. The SMILES string of the molecule is CCN(CC)CC(=O)NC1CCCC1CN. The molecule has 16 heavy (non-hydrogen) atoms. The summed E-state index contributed by atoms with van der Waals surface area (Å²) < 4.78 is 0. The average molecular weight is 227 g/mol. The van der Waals surface area contributed by atoms with Crippen molar-refractivity contribution >= 4 is 5.91 Å². The molecule has 0 heterocycles. The molecule has 0 bridgehead atoms. The Kier molecular flexibility index (Phi) is 5.77. The summed E-state index contributed by atoms with van der Waals surface area (Å²) in [6.07, 6.45) is 3.44. The van der Waals surface area contributed by atoms with Gasteiger partial charge in [-0.3, -0.25) is 9.69 Å². The van der Waals surface area contributed by atoms with Gasteiger partial charge in [-0.1, -0.05) is 20.3 Å². The first-order valence-electron chi connectivity index (χ1n) is 6.43. The monoisotopic (exact) mass is 227 g/mol. The molecular formula is C12H25N3O. The first-order chi connectivity index (χ1) is 7.71. The van der Waals surface area contributed by atoms with Crippen molar-refractivity contribution in [2.45, 2.75) is 39.2 Å². The van der Waals surface area contributed by atoms with E-state index in [0.29, 0.717) is 25.0 Å². The topological polar surface area (TPSA) is 58.4 Å². The zero-order valence-corrected chi connectivity index (χ0v) is 10.5. The van der Waals surface area contributed by atoms with Gasteiger partial charge in [-0.05, 0) is 38.4 Å². The van der Waals surface area contributed by atoms with Crippen LogP contribution in [0.25, 0.3) is 0 Å². The molecule has 2 unspecified atom stereocenters. The van der Waals surface area contributed by atoms with E-state index in [0.717, 1.165) is 25.9 Å². The van der Waals surface area contributed by atoms with Crippen LogP contribution in [0.3, 0.4) is 0 Å². The van der Waals surface area contributed by atoms with Crippen LogP contribution in [0, 0.1) is 5.92 Å². The van der Waals surface area contributed by atoms with Gasteiger partial charge in [-0.15, -0.1) is 0 Å². The van der Waals surface area contributed by atoms with Crippen LogP contribution < -0.4 is 11.1 Å². The minimum absolute atomic E-state index is 0.147. The van der Waals surface area contributed by atoms with Crippen LogP contribution in [0.1, 0.15) is 33.1 Å². The van der Waals surface area contributed by atoms with Gasteiger partial charge in [0.15, 0.2) is 0 Å². The van der Waals surface area contributed by atoms with Crippen LogP contribution in [0.15, 0.2) is 0 Å². The molecular weight excluding hydrogens is 202 g/mol. The van der Waals surface area contributed by atoms with Crippen LogP contribution in [-0.2, 0) is 4.79 Å². The van der Waals surface area contributed by atoms with Crippen molar-refractivity contribution in [2.24, 2.45) is 11.7 Å². The average Bonchev–Trinajstić information content (AvgIpc) is 2.73. The Balaban J connectivity index is 2.33. The summed E-state index contributed by atoms with van der Waals surface area (Å²) in [5.74, 6) is 0.634. The first kappa shape index (κ1) is 13.5. The number of nitrogens with zero attached hydrogens (tertiary/aromatic N) is 1. The highest BCUT2D eigenvalue weighted by Crippen LogP contribution is 2.24. The summed E-state index contributed by atoms with van der Waals surface area (Å²) in [7, 11) is 0. The van der Waals surface area contributed by atoms with E-state index in [1.165, 1.54) is 6.42 Å². The molecule has 0 aromatic rings. The summed E-state index contributed by atoms with van der Waals surface area (Å²) in [6, 6.07) is 0.313. The van der Waals surface area contributed by atoms with E-state index in [4.69, 9.17) is 5.73 Å². The number of hydrogen-bond acceptors (Lipinski definition) is 3. The zero-order valence-electron chi connectivity index (χ0n) is 10.5. The second-order valence-electron chi connectivity index (χ2n) is 4.56. The van der Waals surface area contributed by atoms with Gasteiger partial charge < -0.3 is 11.1 Å². The molecule has 0 saturated heterocycles. The van der Waals surface area contributed by atoms with Crippen molar-refractivity contribution in [3.63, 3.8) is 0 Å². The second kappa shape index (κ2) is 6.86. The molecule has 1 aliphatic rings. The fraction of sp³-hybridized carbons (Fsp3) is 0.917. The maximum atomic E-state index is 11.8. The first-order valence-corrected chi connectivity index (χ1v) is 6.43. The fourth-order valence-corrected chi connectivity index (χ4v) is 2.41. The summed E-state index contributed by atoms with van der Waals surface area (Å²) in [4.78, 5) is 13.9.